The molecule has 0 atom stereocenters. The number of hydrogen-bond acceptors (Lipinski definition) is 4. The second-order valence-corrected chi connectivity index (χ2v) is 5.87. The van der Waals surface area contributed by atoms with E-state index in [0.717, 1.165) is 11.3 Å². The molecule has 0 radical (unpaired) electrons. The zero-order valence-electron chi connectivity index (χ0n) is 15.5. The average molecular weight is 356 g/mol. The fourth-order valence-electron chi connectivity index (χ4n) is 2.59. The number of amides is 2. The Kier molecular flexibility index (Phi) is 6.60. The van der Waals surface area contributed by atoms with Crippen molar-refractivity contribution in [2.24, 2.45) is 0 Å². The molecule has 2 aromatic carbocycles. The van der Waals surface area contributed by atoms with Crippen LogP contribution < -0.4 is 19.7 Å². The Morgan fingerprint density at radius 1 is 1.04 bits per heavy atom. The number of benzene rings is 2. The molecule has 0 bridgehead atoms. The summed E-state index contributed by atoms with van der Waals surface area (Å²) in [6, 6.07) is 12.7. The lowest BCUT2D eigenvalue weighted by Gasteiger charge is -2.22. The van der Waals surface area contributed by atoms with E-state index >= 15 is 0 Å². The summed E-state index contributed by atoms with van der Waals surface area (Å²) in [5.41, 5.74) is 2.32. The van der Waals surface area contributed by atoms with Crippen LogP contribution in [0.2, 0.25) is 0 Å². The van der Waals surface area contributed by atoms with Gasteiger partial charge < -0.3 is 19.7 Å². The van der Waals surface area contributed by atoms with Crippen molar-refractivity contribution >= 4 is 17.5 Å². The zero-order chi connectivity index (χ0) is 19.1. The van der Waals surface area contributed by atoms with Crippen LogP contribution in [0.4, 0.5) is 5.69 Å². The Morgan fingerprint density at radius 2 is 1.69 bits per heavy atom. The van der Waals surface area contributed by atoms with Crippen LogP contribution >= 0.6 is 0 Å². The molecule has 0 spiro atoms. The smallest absolute Gasteiger partial charge is 0.251 e. The Hall–Kier alpha value is -3.02. The summed E-state index contributed by atoms with van der Waals surface area (Å²) in [4.78, 5) is 26.0. The second-order valence-electron chi connectivity index (χ2n) is 5.87. The van der Waals surface area contributed by atoms with E-state index in [0.29, 0.717) is 30.2 Å². The second kappa shape index (κ2) is 8.89. The fraction of sp³-hybridized carbons (Fsp3) is 0.300. The minimum Gasteiger partial charge on any atom is -0.497 e. The van der Waals surface area contributed by atoms with E-state index in [1.807, 2.05) is 31.2 Å². The maximum Gasteiger partial charge on any atom is 0.251 e. The van der Waals surface area contributed by atoms with E-state index in [9.17, 15) is 9.59 Å². The molecular formula is C20H24N2O4. The number of anilines is 1. The van der Waals surface area contributed by atoms with Crippen LogP contribution in [0.25, 0.3) is 0 Å². The van der Waals surface area contributed by atoms with Gasteiger partial charge in [0.15, 0.2) is 0 Å². The maximum absolute atomic E-state index is 12.4. The molecule has 6 heteroatoms. The van der Waals surface area contributed by atoms with Crippen molar-refractivity contribution in [3.8, 4) is 11.5 Å². The van der Waals surface area contributed by atoms with Crippen molar-refractivity contribution in [1.29, 1.82) is 0 Å². The number of hydrogen-bond donors (Lipinski definition) is 1. The van der Waals surface area contributed by atoms with Crippen molar-refractivity contribution in [1.82, 2.24) is 5.32 Å². The number of carbonyl (C=O) groups excluding carboxylic acids is 2. The van der Waals surface area contributed by atoms with Gasteiger partial charge in [0, 0.05) is 37.3 Å². The summed E-state index contributed by atoms with van der Waals surface area (Å²) in [7, 11) is 3.06. The molecule has 0 fully saturated rings. The molecule has 0 saturated heterocycles. The predicted molar refractivity (Wildman–Crippen MR) is 101 cm³/mol. The van der Waals surface area contributed by atoms with Crippen molar-refractivity contribution < 1.29 is 19.1 Å². The third kappa shape index (κ3) is 4.99. The molecule has 0 aliphatic heterocycles. The monoisotopic (exact) mass is 356 g/mol. The Morgan fingerprint density at radius 3 is 2.23 bits per heavy atom. The predicted octanol–water partition coefficient (Wildman–Crippen LogP) is 2.80. The van der Waals surface area contributed by atoms with Gasteiger partial charge in [0.25, 0.3) is 5.91 Å². The SMILES string of the molecule is COc1cc(OC)cc(C(=O)NCCN(C(C)=O)c2cccc(C)c2)c1. The molecule has 26 heavy (non-hydrogen) atoms. The first-order valence-electron chi connectivity index (χ1n) is 8.30. The minimum atomic E-state index is -0.255. The Balaban J connectivity index is 2.03. The van der Waals surface area contributed by atoms with Crippen LogP contribution in [-0.2, 0) is 4.79 Å². The number of ether oxygens (including phenoxy) is 2. The van der Waals surface area contributed by atoms with Crippen LogP contribution in [-0.4, -0.2) is 39.1 Å². The quantitative estimate of drug-likeness (QED) is 0.828. The van der Waals surface area contributed by atoms with Crippen LogP contribution in [0.1, 0.15) is 22.8 Å². The molecule has 0 aromatic heterocycles. The van der Waals surface area contributed by atoms with Gasteiger partial charge in [0.2, 0.25) is 5.91 Å². The van der Waals surface area contributed by atoms with Gasteiger partial charge >= 0.3 is 0 Å². The molecule has 0 aliphatic carbocycles. The molecule has 1 N–H and O–H groups in total. The Labute approximate surface area is 153 Å². The van der Waals surface area contributed by atoms with Gasteiger partial charge in [-0.2, -0.15) is 0 Å². The number of aryl methyl sites for hydroxylation is 1. The van der Waals surface area contributed by atoms with E-state index in [2.05, 4.69) is 5.32 Å². The van der Waals surface area contributed by atoms with Crippen LogP contribution in [0.15, 0.2) is 42.5 Å². The molecule has 0 unspecified atom stereocenters. The van der Waals surface area contributed by atoms with Crippen molar-refractivity contribution in [3.05, 3.63) is 53.6 Å². The molecular weight excluding hydrogens is 332 g/mol. The van der Waals surface area contributed by atoms with Crippen LogP contribution in [0.3, 0.4) is 0 Å². The molecule has 0 heterocycles. The van der Waals surface area contributed by atoms with Gasteiger partial charge in [-0.1, -0.05) is 12.1 Å². The fourth-order valence-corrected chi connectivity index (χ4v) is 2.59. The molecule has 2 rings (SSSR count). The number of nitrogens with zero attached hydrogens (tertiary/aromatic N) is 1. The summed E-state index contributed by atoms with van der Waals surface area (Å²) < 4.78 is 10.4. The number of methoxy groups -OCH3 is 2. The molecule has 138 valence electrons. The third-order valence-corrected chi connectivity index (χ3v) is 3.93. The summed E-state index contributed by atoms with van der Waals surface area (Å²) in [5.74, 6) is 0.752. The van der Waals surface area contributed by atoms with Gasteiger partial charge in [-0.3, -0.25) is 9.59 Å². The lowest BCUT2D eigenvalue weighted by Crippen LogP contribution is -2.37. The van der Waals surface area contributed by atoms with Gasteiger partial charge in [0.05, 0.1) is 14.2 Å². The molecule has 2 amide bonds. The lowest BCUT2D eigenvalue weighted by molar-refractivity contribution is -0.116. The van der Waals surface area contributed by atoms with Crippen molar-refractivity contribution in [2.75, 3.05) is 32.2 Å². The average Bonchev–Trinajstić information content (AvgIpc) is 2.64. The number of rotatable bonds is 7. The standard InChI is InChI=1S/C20H24N2O4/c1-14-6-5-7-17(10-14)22(15(2)23)9-8-21-20(24)16-11-18(25-3)13-19(12-16)26-4/h5-7,10-13H,8-9H2,1-4H3,(H,21,24). The zero-order valence-corrected chi connectivity index (χ0v) is 15.5. The highest BCUT2D eigenvalue weighted by molar-refractivity contribution is 5.95. The van der Waals surface area contributed by atoms with E-state index < -0.39 is 0 Å². The van der Waals surface area contributed by atoms with Gasteiger partial charge in [0.1, 0.15) is 11.5 Å². The summed E-state index contributed by atoms with van der Waals surface area (Å²) >= 11 is 0. The van der Waals surface area contributed by atoms with Crippen molar-refractivity contribution in [3.63, 3.8) is 0 Å². The summed E-state index contributed by atoms with van der Waals surface area (Å²) in [6.07, 6.45) is 0. The van der Waals surface area contributed by atoms with E-state index in [1.165, 1.54) is 21.1 Å². The third-order valence-electron chi connectivity index (χ3n) is 3.93. The van der Waals surface area contributed by atoms with Gasteiger partial charge in [-0.15, -0.1) is 0 Å². The highest BCUT2D eigenvalue weighted by atomic mass is 16.5. The van der Waals surface area contributed by atoms with Gasteiger partial charge in [-0.25, -0.2) is 0 Å². The normalized spacial score (nSPS) is 10.2. The number of carbonyl (C=O) groups is 2. The Bertz CT molecular complexity index is 767. The van der Waals surface area contributed by atoms with Crippen molar-refractivity contribution in [2.45, 2.75) is 13.8 Å². The lowest BCUT2D eigenvalue weighted by atomic mass is 10.2. The highest BCUT2D eigenvalue weighted by Gasteiger charge is 2.13. The minimum absolute atomic E-state index is 0.0760. The maximum atomic E-state index is 12.4. The number of nitrogens with one attached hydrogen (secondary N) is 1. The van der Waals surface area contributed by atoms with Crippen LogP contribution in [0.5, 0.6) is 11.5 Å². The van der Waals surface area contributed by atoms with E-state index in [1.54, 1.807) is 23.1 Å². The first-order chi connectivity index (χ1) is 12.4. The summed E-state index contributed by atoms with van der Waals surface area (Å²) in [6.45, 7) is 4.19. The van der Waals surface area contributed by atoms with E-state index in [-0.39, 0.29) is 11.8 Å². The van der Waals surface area contributed by atoms with Crippen LogP contribution in [0, 0.1) is 6.92 Å². The first-order valence-corrected chi connectivity index (χ1v) is 8.30. The largest absolute Gasteiger partial charge is 0.497 e. The van der Waals surface area contributed by atoms with E-state index in [4.69, 9.17) is 9.47 Å². The molecule has 0 aliphatic rings. The topological polar surface area (TPSA) is 67.9 Å². The molecule has 2 aromatic rings. The molecule has 0 saturated carbocycles. The van der Waals surface area contributed by atoms with Gasteiger partial charge in [-0.05, 0) is 36.8 Å². The summed E-state index contributed by atoms with van der Waals surface area (Å²) in [5, 5.41) is 2.83. The first kappa shape index (κ1) is 19.3. The molecule has 6 nitrogen and oxygen atoms in total. The highest BCUT2D eigenvalue weighted by Crippen LogP contribution is 2.22.